The van der Waals surface area contributed by atoms with Crippen molar-refractivity contribution in [1.82, 2.24) is 0 Å². The second-order valence-electron chi connectivity index (χ2n) is 0.714. The van der Waals surface area contributed by atoms with Crippen molar-refractivity contribution in [3.05, 3.63) is 30.3 Å². The molecule has 0 bridgehead atoms. The molecule has 0 aromatic heterocycles. The first-order chi connectivity index (χ1) is 5.20. The van der Waals surface area contributed by atoms with Gasteiger partial charge in [0.15, 0.2) is 0 Å². The zero-order valence-corrected chi connectivity index (χ0v) is 7.63. The lowest BCUT2D eigenvalue weighted by Gasteiger charge is -1.56. The third-order valence-electron chi connectivity index (χ3n) is 0. The Kier molecular flexibility index (Phi) is 187. The first-order valence-electron chi connectivity index (χ1n) is 1.70. The highest BCUT2D eigenvalue weighted by Crippen LogP contribution is 1.39. The normalized spacial score (nSPS) is 4.24. The largest absolute Gasteiger partial charge is 0.412 e. The Hall–Kier alpha value is -2.60. The highest BCUT2D eigenvalue weighted by molar-refractivity contribution is 3.84. The molecule has 0 radical (unpaired) electrons. The van der Waals surface area contributed by atoms with Crippen molar-refractivity contribution in [2.24, 2.45) is 0 Å². The van der Waals surface area contributed by atoms with Crippen LogP contribution in [0.15, 0.2) is 0 Å². The minimum absolute atomic E-state index is 0. The third kappa shape index (κ3) is 258. The number of rotatable bonds is 0. The van der Waals surface area contributed by atoms with E-state index in [1.807, 2.05) is 0 Å². The molecule has 13 N–H and O–H groups in total. The van der Waals surface area contributed by atoms with E-state index in [1.54, 1.807) is 0 Å². The molecule has 0 amide bonds. The second kappa shape index (κ2) is 50.3. The van der Waals surface area contributed by atoms with Crippen LogP contribution < -0.4 is 0 Å². The van der Waals surface area contributed by atoms with Crippen LogP contribution in [0.2, 0.25) is 0 Å². The molecule has 0 saturated carbocycles. The van der Waals surface area contributed by atoms with Crippen LogP contribution >= 0.6 is 0 Å². The summed E-state index contributed by atoms with van der Waals surface area (Å²) >= 11 is 0. The quantitative estimate of drug-likeness (QED) is 0.281. The van der Waals surface area contributed by atoms with Gasteiger partial charge in [-0.2, -0.15) is 0 Å². The molecule has 0 aromatic rings. The predicted molar refractivity (Wildman–Crippen MR) is 44.4 cm³/mol. The number of hydrogen-bond acceptors (Lipinski definition) is 6. The fraction of sp³-hybridized carbons (Fsp3) is 0. The maximum Gasteiger partial charge on any atom is 0.291 e. The van der Waals surface area contributed by atoms with E-state index in [9.17, 15) is 0 Å². The summed E-state index contributed by atoms with van der Waals surface area (Å²) in [6, 6.07) is 0. The molecule has 0 aliphatic carbocycles. The first kappa shape index (κ1) is 63.1. The van der Waals surface area contributed by atoms with Crippen LogP contribution in [0, 0.1) is 30.3 Å². The Balaban J connectivity index is -0.0000000104. The van der Waals surface area contributed by atoms with Gasteiger partial charge in [-0.05, 0) is 0 Å². The van der Waals surface area contributed by atoms with E-state index >= 15 is 0 Å². The van der Waals surface area contributed by atoms with Crippen molar-refractivity contribution in [1.29, 1.82) is 0 Å². The topological polar surface area (TPSA) is 348 Å². The Morgan fingerprint density at radius 1 is 0.529 bits per heavy atom. The molecular formula is H13N3O14. The molecule has 0 aliphatic rings. The molecule has 0 saturated heterocycles. The molecule has 17 nitrogen and oxygen atoms in total. The second-order valence-corrected chi connectivity index (χ2v) is 0.714. The molecule has 0 spiro atoms. The Morgan fingerprint density at radius 2 is 0.529 bits per heavy atom. The van der Waals surface area contributed by atoms with Gasteiger partial charge in [0.05, 0.1) is 0 Å². The molecule has 0 heterocycles. The molecule has 17 heavy (non-hydrogen) atoms. The van der Waals surface area contributed by atoms with Crippen molar-refractivity contribution >= 4 is 0 Å². The van der Waals surface area contributed by atoms with Gasteiger partial charge in [0.25, 0.3) is 15.3 Å². The van der Waals surface area contributed by atoms with E-state index in [2.05, 4.69) is 0 Å². The van der Waals surface area contributed by atoms with E-state index in [4.69, 9.17) is 46.0 Å². The predicted octanol–water partition coefficient (Wildman–Crippen LogP) is -5.17. The molecular weight excluding hydrogens is 266 g/mol. The average Bonchev–Trinajstić information content (AvgIpc) is 1.54. The minimum Gasteiger partial charge on any atom is -0.412 e. The van der Waals surface area contributed by atoms with Gasteiger partial charge < -0.3 is 43.0 Å². The molecule has 0 fully saturated rings. The summed E-state index contributed by atoms with van der Waals surface area (Å²) < 4.78 is 0. The zero-order valence-electron chi connectivity index (χ0n) is 7.63. The summed E-state index contributed by atoms with van der Waals surface area (Å²) in [5.41, 5.74) is 0. The minimum atomic E-state index is -1.50. The lowest BCUT2D eigenvalue weighted by Crippen LogP contribution is -1.81. The van der Waals surface area contributed by atoms with E-state index in [0.717, 1.165) is 0 Å². The molecule has 0 aromatic carbocycles. The molecule has 17 heteroatoms. The monoisotopic (exact) mass is 279 g/mol. The lowest BCUT2D eigenvalue weighted by molar-refractivity contribution is -0.742. The van der Waals surface area contributed by atoms with Crippen molar-refractivity contribution in [3.8, 4) is 0 Å². The van der Waals surface area contributed by atoms with Crippen LogP contribution in [0.3, 0.4) is 0 Å². The maximum absolute atomic E-state index is 8.36. The molecule has 0 unspecified atom stereocenters. The Morgan fingerprint density at radius 3 is 0.529 bits per heavy atom. The van der Waals surface area contributed by atoms with Crippen LogP contribution in [0.1, 0.15) is 0 Å². The van der Waals surface area contributed by atoms with Gasteiger partial charge in [0.1, 0.15) is 0 Å². The standard InChI is InChI=1S/3HNO3.5H2O/c3*2-1(3)4;;;;;/h3*(H,2,3,4);5*1H2. The lowest BCUT2D eigenvalue weighted by atomic mass is 13.1. The van der Waals surface area contributed by atoms with Crippen LogP contribution in [0.4, 0.5) is 0 Å². The summed E-state index contributed by atoms with van der Waals surface area (Å²) in [4.78, 5) is 25.1. The van der Waals surface area contributed by atoms with Crippen molar-refractivity contribution in [2.45, 2.75) is 0 Å². The van der Waals surface area contributed by atoms with E-state index in [0.29, 0.717) is 0 Å². The molecule has 0 rings (SSSR count). The summed E-state index contributed by atoms with van der Waals surface area (Å²) in [5, 5.41) is 40.9. The van der Waals surface area contributed by atoms with Gasteiger partial charge >= 0.3 is 0 Å². The number of hydrogen-bond donors (Lipinski definition) is 3. The van der Waals surface area contributed by atoms with E-state index in [-0.39, 0.29) is 27.4 Å². The van der Waals surface area contributed by atoms with Gasteiger partial charge in [-0.3, -0.25) is 0 Å². The summed E-state index contributed by atoms with van der Waals surface area (Å²) in [7, 11) is 0. The molecule has 112 valence electrons. The van der Waals surface area contributed by atoms with Gasteiger partial charge in [0.2, 0.25) is 0 Å². The maximum atomic E-state index is 8.36. The third-order valence-corrected chi connectivity index (χ3v) is 0. The van der Waals surface area contributed by atoms with Crippen LogP contribution in [-0.4, -0.2) is 58.3 Å². The Labute approximate surface area is 90.0 Å². The first-order valence-corrected chi connectivity index (χ1v) is 1.70. The average molecular weight is 279 g/mol. The smallest absolute Gasteiger partial charge is 0.291 e. The summed E-state index contributed by atoms with van der Waals surface area (Å²) in [6.45, 7) is 0. The van der Waals surface area contributed by atoms with Gasteiger partial charge in [-0.1, -0.05) is 0 Å². The summed E-state index contributed by atoms with van der Waals surface area (Å²) in [5.74, 6) is 0. The van der Waals surface area contributed by atoms with Gasteiger partial charge in [-0.25, -0.2) is 0 Å². The highest BCUT2D eigenvalue weighted by Gasteiger charge is 1.66. The van der Waals surface area contributed by atoms with E-state index < -0.39 is 15.3 Å². The number of nitrogens with zero attached hydrogens (tertiary/aromatic N) is 3. The van der Waals surface area contributed by atoms with Gasteiger partial charge in [-0.15, -0.1) is 30.3 Å². The van der Waals surface area contributed by atoms with Crippen molar-refractivity contribution in [2.75, 3.05) is 0 Å². The van der Waals surface area contributed by atoms with Crippen molar-refractivity contribution < 1.29 is 58.3 Å². The summed E-state index contributed by atoms with van der Waals surface area (Å²) in [6.07, 6.45) is 0. The van der Waals surface area contributed by atoms with Crippen LogP contribution in [0.5, 0.6) is 0 Å². The van der Waals surface area contributed by atoms with E-state index in [1.165, 1.54) is 0 Å². The van der Waals surface area contributed by atoms with Crippen LogP contribution in [0.25, 0.3) is 0 Å². The van der Waals surface area contributed by atoms with Gasteiger partial charge in [0, 0.05) is 0 Å². The van der Waals surface area contributed by atoms with Crippen molar-refractivity contribution in [3.63, 3.8) is 0 Å². The molecule has 0 atom stereocenters. The Bertz CT molecular complexity index is 109. The molecule has 0 aliphatic heterocycles. The fourth-order valence-corrected chi connectivity index (χ4v) is 0. The fourth-order valence-electron chi connectivity index (χ4n) is 0. The SMILES string of the molecule is O.O.O.O.O.O=[N+]([O-])O.O=[N+]([O-])O.O=[N+]([O-])O. The highest BCUT2D eigenvalue weighted by atomic mass is 16.9. The zero-order chi connectivity index (χ0) is 10.7. The van der Waals surface area contributed by atoms with Crippen LogP contribution in [-0.2, 0) is 0 Å².